The number of rotatable bonds is 4. The van der Waals surface area contributed by atoms with Gasteiger partial charge >= 0.3 is 12.1 Å². The molecule has 0 aliphatic carbocycles. The van der Waals surface area contributed by atoms with Crippen LogP contribution < -0.4 is 9.64 Å². The minimum atomic E-state index is -0.892. The lowest BCUT2D eigenvalue weighted by atomic mass is 10.2. The highest BCUT2D eigenvalue weighted by Gasteiger charge is 2.25. The Morgan fingerprint density at radius 1 is 1.28 bits per heavy atom. The summed E-state index contributed by atoms with van der Waals surface area (Å²) in [5.41, 5.74) is 0.707. The second-order valence-electron chi connectivity index (χ2n) is 7.46. The fourth-order valence-corrected chi connectivity index (χ4v) is 4.36. The molecule has 10 heteroatoms. The van der Waals surface area contributed by atoms with Gasteiger partial charge in [-0.1, -0.05) is 11.6 Å². The summed E-state index contributed by atoms with van der Waals surface area (Å²) in [5.74, 6) is 0.743. The van der Waals surface area contributed by atoms with E-state index in [9.17, 15) is 9.90 Å². The monoisotopic (exact) mass is 483 g/mol. The molecule has 2 aromatic rings. The summed E-state index contributed by atoms with van der Waals surface area (Å²) >= 11 is 9.77. The zero-order valence-electron chi connectivity index (χ0n) is 16.1. The second-order valence-corrected chi connectivity index (χ2v) is 8.72. The molecule has 2 fully saturated rings. The van der Waals surface area contributed by atoms with Crippen LogP contribution in [0.3, 0.4) is 0 Å². The fraction of sp³-hybridized carbons (Fsp3) is 0.526. The number of fused-ring (bicyclic) bond motifs is 1. The Labute approximate surface area is 182 Å². The van der Waals surface area contributed by atoms with Crippen molar-refractivity contribution in [3.63, 3.8) is 0 Å². The third kappa shape index (κ3) is 4.36. The zero-order valence-corrected chi connectivity index (χ0v) is 18.5. The number of amides is 1. The lowest BCUT2D eigenvalue weighted by molar-refractivity contribution is 0.142. The summed E-state index contributed by atoms with van der Waals surface area (Å²) < 4.78 is 6.75. The van der Waals surface area contributed by atoms with Crippen LogP contribution in [-0.2, 0) is 0 Å². The van der Waals surface area contributed by atoms with Crippen LogP contribution >= 0.6 is 27.5 Å². The third-order valence-electron chi connectivity index (χ3n) is 5.62. The molecule has 0 saturated carbocycles. The Morgan fingerprint density at radius 2 is 2.03 bits per heavy atom. The SMILES string of the molecule is CN1CCCC1COc1nc(N2CCN(C(=O)O)CC2)c2cc(Br)c(Cl)cc2n1. The van der Waals surface area contributed by atoms with Gasteiger partial charge in [-0.2, -0.15) is 9.97 Å². The summed E-state index contributed by atoms with van der Waals surface area (Å²) in [6, 6.07) is 4.40. The molecule has 2 aliphatic heterocycles. The van der Waals surface area contributed by atoms with E-state index in [1.165, 1.54) is 11.3 Å². The van der Waals surface area contributed by atoms with Gasteiger partial charge in [0, 0.05) is 42.1 Å². The maximum absolute atomic E-state index is 11.2. The molecule has 3 heterocycles. The van der Waals surface area contributed by atoms with E-state index >= 15 is 0 Å². The first-order valence-electron chi connectivity index (χ1n) is 9.65. The molecule has 2 saturated heterocycles. The number of carbonyl (C=O) groups is 1. The van der Waals surface area contributed by atoms with Crippen molar-refractivity contribution in [3.05, 3.63) is 21.6 Å². The van der Waals surface area contributed by atoms with Crippen molar-refractivity contribution < 1.29 is 14.6 Å². The number of likely N-dealkylation sites (tertiary alicyclic amines) is 1. The van der Waals surface area contributed by atoms with E-state index in [-0.39, 0.29) is 0 Å². The van der Waals surface area contributed by atoms with Gasteiger partial charge < -0.3 is 24.5 Å². The lowest BCUT2D eigenvalue weighted by Gasteiger charge is -2.34. The maximum Gasteiger partial charge on any atom is 0.407 e. The van der Waals surface area contributed by atoms with Gasteiger partial charge in [0.15, 0.2) is 0 Å². The Morgan fingerprint density at radius 3 is 2.69 bits per heavy atom. The van der Waals surface area contributed by atoms with Gasteiger partial charge in [0.2, 0.25) is 0 Å². The number of anilines is 1. The first-order chi connectivity index (χ1) is 13.9. The molecule has 1 aromatic heterocycles. The number of piperazine rings is 1. The van der Waals surface area contributed by atoms with E-state index in [2.05, 4.69) is 37.8 Å². The largest absolute Gasteiger partial charge is 0.465 e. The summed E-state index contributed by atoms with van der Waals surface area (Å²) in [7, 11) is 2.10. The van der Waals surface area contributed by atoms with Gasteiger partial charge in [-0.3, -0.25) is 0 Å². The minimum absolute atomic E-state index is 0.326. The molecule has 4 rings (SSSR count). The zero-order chi connectivity index (χ0) is 20.5. The maximum atomic E-state index is 11.2. The number of benzene rings is 1. The van der Waals surface area contributed by atoms with E-state index in [0.717, 1.165) is 28.6 Å². The van der Waals surface area contributed by atoms with Crippen molar-refractivity contribution in [3.8, 4) is 6.01 Å². The smallest absolute Gasteiger partial charge is 0.407 e. The van der Waals surface area contributed by atoms with Crippen LogP contribution in [0.2, 0.25) is 5.02 Å². The van der Waals surface area contributed by atoms with Gasteiger partial charge in [-0.05, 0) is 54.5 Å². The Bertz CT molecular complexity index is 922. The van der Waals surface area contributed by atoms with Crippen LogP contribution in [0.1, 0.15) is 12.8 Å². The minimum Gasteiger partial charge on any atom is -0.465 e. The average Bonchev–Trinajstić information content (AvgIpc) is 3.12. The predicted molar refractivity (Wildman–Crippen MR) is 115 cm³/mol. The van der Waals surface area contributed by atoms with Crippen molar-refractivity contribution >= 4 is 50.3 Å². The molecule has 0 spiro atoms. The average molecular weight is 485 g/mol. The van der Waals surface area contributed by atoms with Crippen LogP contribution in [0.5, 0.6) is 6.01 Å². The molecule has 156 valence electrons. The van der Waals surface area contributed by atoms with E-state index in [0.29, 0.717) is 55.4 Å². The Balaban J connectivity index is 1.63. The normalized spacial score (nSPS) is 20.4. The number of hydrogen-bond acceptors (Lipinski definition) is 6. The molecular weight excluding hydrogens is 462 g/mol. The highest BCUT2D eigenvalue weighted by molar-refractivity contribution is 9.10. The van der Waals surface area contributed by atoms with E-state index in [1.54, 1.807) is 6.07 Å². The molecule has 1 unspecified atom stereocenters. The van der Waals surface area contributed by atoms with Crippen molar-refractivity contribution in [1.29, 1.82) is 0 Å². The number of carboxylic acid groups (broad SMARTS) is 1. The quantitative estimate of drug-likeness (QED) is 0.713. The van der Waals surface area contributed by atoms with Gasteiger partial charge in [-0.25, -0.2) is 4.79 Å². The topological polar surface area (TPSA) is 82.0 Å². The van der Waals surface area contributed by atoms with Crippen LogP contribution in [0.4, 0.5) is 10.6 Å². The molecule has 29 heavy (non-hydrogen) atoms. The van der Waals surface area contributed by atoms with Crippen LogP contribution in [0.15, 0.2) is 16.6 Å². The first kappa shape index (κ1) is 20.4. The van der Waals surface area contributed by atoms with Gasteiger partial charge in [0.25, 0.3) is 0 Å². The molecule has 1 amide bonds. The third-order valence-corrected chi connectivity index (χ3v) is 6.82. The van der Waals surface area contributed by atoms with Crippen molar-refractivity contribution in [1.82, 2.24) is 19.8 Å². The van der Waals surface area contributed by atoms with Gasteiger partial charge in [0.05, 0.1) is 10.5 Å². The molecule has 0 radical (unpaired) electrons. The van der Waals surface area contributed by atoms with Crippen LogP contribution in [-0.4, -0.2) is 83.4 Å². The second kappa shape index (κ2) is 8.49. The van der Waals surface area contributed by atoms with Crippen LogP contribution in [0, 0.1) is 0 Å². The summed E-state index contributed by atoms with van der Waals surface area (Å²) in [5, 5.41) is 10.6. The highest BCUT2D eigenvalue weighted by Crippen LogP contribution is 2.33. The highest BCUT2D eigenvalue weighted by atomic mass is 79.9. The molecule has 0 bridgehead atoms. The van der Waals surface area contributed by atoms with Crippen molar-refractivity contribution in [2.75, 3.05) is 51.3 Å². The van der Waals surface area contributed by atoms with Crippen molar-refractivity contribution in [2.45, 2.75) is 18.9 Å². The van der Waals surface area contributed by atoms with E-state index < -0.39 is 6.09 Å². The molecule has 1 aromatic carbocycles. The van der Waals surface area contributed by atoms with Crippen molar-refractivity contribution in [2.24, 2.45) is 0 Å². The molecule has 2 aliphatic rings. The van der Waals surface area contributed by atoms with Gasteiger partial charge in [-0.15, -0.1) is 0 Å². The number of nitrogens with zero attached hydrogens (tertiary/aromatic N) is 5. The number of likely N-dealkylation sites (N-methyl/N-ethyl adjacent to an activating group) is 1. The Kier molecular flexibility index (Phi) is 5.98. The predicted octanol–water partition coefficient (Wildman–Crippen LogP) is 3.32. The first-order valence-corrected chi connectivity index (χ1v) is 10.8. The summed E-state index contributed by atoms with van der Waals surface area (Å²) in [6.07, 6.45) is 1.38. The molecular formula is C19H23BrClN5O3. The molecule has 1 N–H and O–H groups in total. The van der Waals surface area contributed by atoms with Crippen LogP contribution in [0.25, 0.3) is 10.9 Å². The standard InChI is InChI=1S/C19H23BrClN5O3/c1-24-4-2-3-12(24)11-29-18-22-16-10-15(21)14(20)9-13(16)17(23-18)25-5-7-26(8-6-25)19(27)28/h9-10,12H,2-8,11H2,1H3,(H,27,28). The fourth-order valence-electron chi connectivity index (χ4n) is 3.86. The Hall–Kier alpha value is -1.84. The lowest BCUT2D eigenvalue weighted by Crippen LogP contribution is -2.48. The molecule has 8 nitrogen and oxygen atoms in total. The number of hydrogen-bond donors (Lipinski definition) is 1. The summed E-state index contributed by atoms with van der Waals surface area (Å²) in [6.45, 7) is 3.60. The number of ether oxygens (including phenoxy) is 1. The van der Waals surface area contributed by atoms with E-state index in [1.807, 2.05) is 6.07 Å². The van der Waals surface area contributed by atoms with Gasteiger partial charge in [0.1, 0.15) is 12.4 Å². The summed E-state index contributed by atoms with van der Waals surface area (Å²) in [4.78, 5) is 26.3. The molecule has 1 atom stereocenters. The van der Waals surface area contributed by atoms with E-state index in [4.69, 9.17) is 21.3 Å². The number of aromatic nitrogens is 2. The number of halogens is 2.